The molecule has 1 N–H and O–H groups in total. The zero-order valence-corrected chi connectivity index (χ0v) is 13.4. The highest BCUT2D eigenvalue weighted by Gasteiger charge is 2.35. The van der Waals surface area contributed by atoms with Crippen LogP contribution in [0.25, 0.3) is 0 Å². The van der Waals surface area contributed by atoms with E-state index in [4.69, 9.17) is 0 Å². The lowest BCUT2D eigenvalue weighted by Gasteiger charge is -2.37. The lowest BCUT2D eigenvalue weighted by atomic mass is 9.99. The quantitative estimate of drug-likeness (QED) is 0.915. The van der Waals surface area contributed by atoms with Crippen LogP contribution in [0, 0.1) is 0 Å². The van der Waals surface area contributed by atoms with Crippen molar-refractivity contribution in [2.75, 3.05) is 6.54 Å². The van der Waals surface area contributed by atoms with Crippen molar-refractivity contribution < 1.29 is 4.79 Å². The first-order valence-corrected chi connectivity index (χ1v) is 8.26. The van der Waals surface area contributed by atoms with E-state index in [0.717, 1.165) is 23.9 Å². The fourth-order valence-corrected chi connectivity index (χ4v) is 3.34. The maximum atomic E-state index is 12.6. The van der Waals surface area contributed by atoms with Gasteiger partial charge in [0.2, 0.25) is 5.91 Å². The van der Waals surface area contributed by atoms with E-state index in [0.29, 0.717) is 6.04 Å². The molecule has 108 valence electrons. The normalized spacial score (nSPS) is 24.8. The number of amides is 1. The Balaban J connectivity index is 1.72. The molecule has 0 radical (unpaired) electrons. The third-order valence-corrected chi connectivity index (χ3v) is 4.78. The third kappa shape index (κ3) is 3.07. The van der Waals surface area contributed by atoms with E-state index in [9.17, 15) is 4.79 Å². The number of nitrogens with one attached hydrogen (secondary N) is 1. The van der Waals surface area contributed by atoms with Crippen LogP contribution in [0.2, 0.25) is 0 Å². The molecule has 1 amide bonds. The maximum Gasteiger partial charge on any atom is 0.240 e. The molecule has 1 saturated carbocycles. The first-order chi connectivity index (χ1) is 9.65. The van der Waals surface area contributed by atoms with E-state index in [1.54, 1.807) is 0 Å². The Morgan fingerprint density at radius 3 is 2.85 bits per heavy atom. The topological polar surface area (TPSA) is 32.3 Å². The summed E-state index contributed by atoms with van der Waals surface area (Å²) in [5.74, 6) is 0.274. The lowest BCUT2D eigenvalue weighted by Crippen LogP contribution is -2.51. The summed E-state index contributed by atoms with van der Waals surface area (Å²) < 4.78 is 1.07. The van der Waals surface area contributed by atoms with Crippen molar-refractivity contribution >= 4 is 21.8 Å². The number of likely N-dealkylation sites (tertiary alicyclic amines) is 1. The van der Waals surface area contributed by atoms with Crippen molar-refractivity contribution in [3.63, 3.8) is 0 Å². The molecule has 3 nitrogen and oxygen atoms in total. The van der Waals surface area contributed by atoms with E-state index in [1.165, 1.54) is 18.4 Å². The van der Waals surface area contributed by atoms with Gasteiger partial charge in [-0.25, -0.2) is 0 Å². The number of hydrogen-bond acceptors (Lipinski definition) is 2. The second kappa shape index (κ2) is 5.86. The number of nitrogens with zero attached hydrogens (tertiary/aromatic N) is 1. The van der Waals surface area contributed by atoms with Crippen LogP contribution in [0.5, 0.6) is 0 Å². The molecule has 4 heteroatoms. The second-order valence-electron chi connectivity index (χ2n) is 5.90. The highest BCUT2D eigenvalue weighted by Crippen LogP contribution is 2.28. The van der Waals surface area contributed by atoms with Gasteiger partial charge in [0, 0.05) is 17.1 Å². The highest BCUT2D eigenvalue weighted by molar-refractivity contribution is 9.10. The zero-order chi connectivity index (χ0) is 14.1. The molecule has 1 aliphatic carbocycles. The standard InChI is InChI=1S/C16H21BrN2O/c1-11(12-4-2-5-13(17)10-12)19-9-3-6-15(16(19)20)18-14-7-8-14/h2,4-5,10-11,14-15,18H,3,6-9H2,1H3. The summed E-state index contributed by atoms with van der Waals surface area (Å²) in [4.78, 5) is 14.7. The summed E-state index contributed by atoms with van der Waals surface area (Å²) >= 11 is 3.51. The zero-order valence-electron chi connectivity index (χ0n) is 11.8. The highest BCUT2D eigenvalue weighted by atomic mass is 79.9. The molecule has 20 heavy (non-hydrogen) atoms. The molecule has 0 bridgehead atoms. The minimum Gasteiger partial charge on any atom is -0.335 e. The average Bonchev–Trinajstić information content (AvgIpc) is 3.24. The Bertz CT molecular complexity index is 501. The first kappa shape index (κ1) is 14.1. The molecule has 3 rings (SSSR count). The fourth-order valence-electron chi connectivity index (χ4n) is 2.92. The molecule has 1 heterocycles. The van der Waals surface area contributed by atoms with Gasteiger partial charge < -0.3 is 10.2 Å². The smallest absolute Gasteiger partial charge is 0.240 e. The molecule has 0 aromatic heterocycles. The lowest BCUT2D eigenvalue weighted by molar-refractivity contribution is -0.138. The van der Waals surface area contributed by atoms with Gasteiger partial charge in [-0.15, -0.1) is 0 Å². The first-order valence-electron chi connectivity index (χ1n) is 7.47. The Morgan fingerprint density at radius 2 is 2.15 bits per heavy atom. The summed E-state index contributed by atoms with van der Waals surface area (Å²) in [5, 5.41) is 3.49. The van der Waals surface area contributed by atoms with Crippen molar-refractivity contribution in [1.29, 1.82) is 0 Å². The van der Waals surface area contributed by atoms with Gasteiger partial charge in [-0.3, -0.25) is 4.79 Å². The van der Waals surface area contributed by atoms with Crippen LogP contribution in [-0.2, 0) is 4.79 Å². The van der Waals surface area contributed by atoms with Gasteiger partial charge in [0.1, 0.15) is 0 Å². The minimum absolute atomic E-state index is 0.0332. The van der Waals surface area contributed by atoms with Crippen LogP contribution in [0.3, 0.4) is 0 Å². The van der Waals surface area contributed by atoms with Gasteiger partial charge in [-0.05, 0) is 50.3 Å². The molecule has 2 unspecified atom stereocenters. The van der Waals surface area contributed by atoms with Crippen LogP contribution in [0.1, 0.15) is 44.2 Å². The predicted molar refractivity (Wildman–Crippen MR) is 83.4 cm³/mol. The van der Waals surface area contributed by atoms with Crippen molar-refractivity contribution in [1.82, 2.24) is 10.2 Å². The maximum absolute atomic E-state index is 12.6. The van der Waals surface area contributed by atoms with Gasteiger partial charge >= 0.3 is 0 Å². The van der Waals surface area contributed by atoms with Crippen molar-refractivity contribution in [3.05, 3.63) is 34.3 Å². The SMILES string of the molecule is CC(c1cccc(Br)c1)N1CCCC(NC2CC2)C1=O. The van der Waals surface area contributed by atoms with Crippen LogP contribution < -0.4 is 5.32 Å². The Kier molecular flexibility index (Phi) is 4.13. The van der Waals surface area contributed by atoms with E-state index < -0.39 is 0 Å². The molecule has 2 fully saturated rings. The molecule has 1 aliphatic heterocycles. The largest absolute Gasteiger partial charge is 0.335 e. The van der Waals surface area contributed by atoms with Gasteiger partial charge in [-0.1, -0.05) is 28.1 Å². The van der Waals surface area contributed by atoms with Crippen LogP contribution in [0.15, 0.2) is 28.7 Å². The Morgan fingerprint density at radius 1 is 1.35 bits per heavy atom. The van der Waals surface area contributed by atoms with Gasteiger partial charge in [-0.2, -0.15) is 0 Å². The van der Waals surface area contributed by atoms with Crippen LogP contribution >= 0.6 is 15.9 Å². The number of piperidine rings is 1. The molecule has 2 aliphatic rings. The number of halogens is 1. The number of carbonyl (C=O) groups excluding carboxylic acids is 1. The van der Waals surface area contributed by atoms with E-state index in [1.807, 2.05) is 17.0 Å². The second-order valence-corrected chi connectivity index (χ2v) is 6.81. The molecular weight excluding hydrogens is 316 g/mol. The average molecular weight is 337 g/mol. The molecular formula is C16H21BrN2O. The van der Waals surface area contributed by atoms with Crippen LogP contribution in [0.4, 0.5) is 0 Å². The van der Waals surface area contributed by atoms with Gasteiger partial charge in [0.25, 0.3) is 0 Å². The van der Waals surface area contributed by atoms with Gasteiger partial charge in [0.05, 0.1) is 12.1 Å². The summed E-state index contributed by atoms with van der Waals surface area (Å²) in [6.45, 7) is 2.99. The number of benzene rings is 1. The molecule has 2 atom stereocenters. The minimum atomic E-state index is 0.0332. The predicted octanol–water partition coefficient (Wildman–Crippen LogP) is 3.25. The van der Waals surface area contributed by atoms with Crippen LogP contribution in [-0.4, -0.2) is 29.4 Å². The van der Waals surface area contributed by atoms with E-state index in [-0.39, 0.29) is 18.0 Å². The van der Waals surface area contributed by atoms with E-state index in [2.05, 4.69) is 40.3 Å². The summed E-state index contributed by atoms with van der Waals surface area (Å²) in [5.41, 5.74) is 1.19. The number of hydrogen-bond donors (Lipinski definition) is 1. The summed E-state index contributed by atoms with van der Waals surface area (Å²) in [6.07, 6.45) is 4.53. The Labute approximate surface area is 128 Å². The molecule has 0 spiro atoms. The van der Waals surface area contributed by atoms with Crippen molar-refractivity contribution in [2.45, 2.75) is 50.7 Å². The number of carbonyl (C=O) groups is 1. The van der Waals surface area contributed by atoms with Crippen molar-refractivity contribution in [2.24, 2.45) is 0 Å². The monoisotopic (exact) mass is 336 g/mol. The fraction of sp³-hybridized carbons (Fsp3) is 0.562. The summed E-state index contributed by atoms with van der Waals surface area (Å²) in [7, 11) is 0. The third-order valence-electron chi connectivity index (χ3n) is 4.29. The summed E-state index contributed by atoms with van der Waals surface area (Å²) in [6, 6.07) is 9.02. The molecule has 1 saturated heterocycles. The number of rotatable bonds is 4. The Hall–Kier alpha value is -0.870. The van der Waals surface area contributed by atoms with Gasteiger partial charge in [0.15, 0.2) is 0 Å². The molecule has 1 aromatic rings. The molecule has 1 aromatic carbocycles. The van der Waals surface area contributed by atoms with E-state index >= 15 is 0 Å². The van der Waals surface area contributed by atoms with Crippen molar-refractivity contribution in [3.8, 4) is 0 Å².